The summed E-state index contributed by atoms with van der Waals surface area (Å²) in [4.78, 5) is 23.2. The van der Waals surface area contributed by atoms with E-state index >= 15 is 4.39 Å². The Kier molecular flexibility index (Phi) is 6.40. The lowest BCUT2D eigenvalue weighted by Crippen LogP contribution is -2.57. The molecule has 4 fully saturated rings. The van der Waals surface area contributed by atoms with Crippen LogP contribution in [0.5, 0.6) is 6.01 Å². The fourth-order valence-electron chi connectivity index (χ4n) is 9.57. The van der Waals surface area contributed by atoms with Gasteiger partial charge in [0.25, 0.3) is 0 Å². The largest absolute Gasteiger partial charge is 0.461 e. The van der Waals surface area contributed by atoms with Gasteiger partial charge in [-0.15, -0.1) is 0 Å². The maximum Gasteiger partial charge on any atom is 0.319 e. The molecule has 1 aliphatic carbocycles. The minimum atomic E-state index is -1.20. The Hall–Kier alpha value is -4.01. The number of aromatic amines is 1. The SMILES string of the molecule is OC12CC3(CCCN(C3)c3nc(OC[C@@]45CCCN4C[C@H](F)C5)nc4c(F)c(ncc34)-c3c(c(Cl)cc4[nH]ncc34)CCc3nc1no3)C2. The first-order valence-electron chi connectivity index (χ1n) is 17.1. The number of fused-ring (bicyclic) bond motifs is 2. The first-order chi connectivity index (χ1) is 23.7. The number of anilines is 1. The van der Waals surface area contributed by atoms with Crippen LogP contribution in [0.3, 0.4) is 0 Å². The monoisotopic (exact) mass is 689 g/mol. The number of rotatable bonds is 3. The molecule has 49 heavy (non-hydrogen) atoms. The number of pyridine rings is 1. The Labute approximate surface area is 284 Å². The zero-order chi connectivity index (χ0) is 33.1. The van der Waals surface area contributed by atoms with Crippen molar-refractivity contribution in [2.24, 2.45) is 5.41 Å². The van der Waals surface area contributed by atoms with Crippen LogP contribution in [-0.4, -0.2) is 89.8 Å². The molecule has 6 aliphatic heterocycles. The second-order valence-corrected chi connectivity index (χ2v) is 15.2. The number of ether oxygens (including phenoxy) is 1. The molecule has 3 saturated heterocycles. The number of nitrogens with one attached hydrogen (secondary N) is 1. The van der Waals surface area contributed by atoms with Crippen LogP contribution < -0.4 is 9.64 Å². The fourth-order valence-corrected chi connectivity index (χ4v) is 9.87. The zero-order valence-electron chi connectivity index (χ0n) is 26.7. The maximum atomic E-state index is 17.2. The average Bonchev–Trinajstić information content (AvgIpc) is 3.86. The molecule has 4 aromatic heterocycles. The molecule has 12 rings (SSSR count). The van der Waals surface area contributed by atoms with Gasteiger partial charge in [-0.3, -0.25) is 15.0 Å². The number of nitrogens with zero attached hydrogens (tertiary/aromatic N) is 8. The Morgan fingerprint density at radius 3 is 2.88 bits per heavy atom. The topological polar surface area (TPSA) is 142 Å². The summed E-state index contributed by atoms with van der Waals surface area (Å²) in [5, 5.41) is 24.5. The summed E-state index contributed by atoms with van der Waals surface area (Å²) >= 11 is 6.87. The molecule has 1 saturated carbocycles. The van der Waals surface area contributed by atoms with E-state index < -0.39 is 23.1 Å². The predicted molar refractivity (Wildman–Crippen MR) is 175 cm³/mol. The minimum absolute atomic E-state index is 0.0449. The van der Waals surface area contributed by atoms with Crippen molar-refractivity contribution >= 4 is 39.2 Å². The standard InChI is InChI=1S/C34H34ClF2N9O3/c35-22-9-23-20(12-39-43-23)25-19(22)3-4-24-40-30(44-49-24)34(47)14-32(15-34)5-1-7-45(16-32)29-21-11-38-28(25)26(37)27(21)41-31(42-29)48-17-33-6-2-8-46(33)13-18(36)10-33/h9,11-12,18,47H,1-8,10,13-17H2,(H,39,43)/t18-,32?,33+,34?/m1/s1. The summed E-state index contributed by atoms with van der Waals surface area (Å²) in [6.45, 7) is 2.71. The summed E-state index contributed by atoms with van der Waals surface area (Å²) in [6.07, 6.45) is 7.90. The molecule has 254 valence electrons. The molecule has 2 N–H and O–H groups in total. The Balaban J connectivity index is 1.16. The molecule has 7 aliphatic rings. The summed E-state index contributed by atoms with van der Waals surface area (Å²) in [5.74, 6) is 0.539. The van der Waals surface area contributed by atoms with Crippen LogP contribution in [-0.2, 0) is 18.4 Å². The quantitative estimate of drug-likeness (QED) is 0.262. The van der Waals surface area contributed by atoms with Crippen molar-refractivity contribution in [1.82, 2.24) is 40.2 Å². The molecular formula is C34H34ClF2N9O3. The van der Waals surface area contributed by atoms with E-state index in [1.165, 1.54) is 0 Å². The number of hydrogen-bond acceptors (Lipinski definition) is 11. The number of aromatic nitrogens is 7. The Morgan fingerprint density at radius 1 is 1.10 bits per heavy atom. The normalized spacial score (nSPS) is 29.4. The number of H-pyrrole nitrogens is 1. The smallest absolute Gasteiger partial charge is 0.319 e. The first kappa shape index (κ1) is 29.9. The summed E-state index contributed by atoms with van der Waals surface area (Å²) in [6, 6.07) is 1.81. The van der Waals surface area contributed by atoms with Crippen LogP contribution in [0.2, 0.25) is 5.02 Å². The van der Waals surface area contributed by atoms with Gasteiger partial charge in [-0.2, -0.15) is 20.1 Å². The number of aliphatic hydroxyl groups is 1. The molecule has 0 unspecified atom stereocenters. The van der Waals surface area contributed by atoms with Gasteiger partial charge in [-0.05, 0) is 68.5 Å². The first-order valence-corrected chi connectivity index (χ1v) is 17.4. The van der Waals surface area contributed by atoms with Crippen LogP contribution in [0.1, 0.15) is 62.2 Å². The minimum Gasteiger partial charge on any atom is -0.461 e. The van der Waals surface area contributed by atoms with E-state index in [4.69, 9.17) is 30.8 Å². The molecule has 10 heterocycles. The van der Waals surface area contributed by atoms with Crippen molar-refractivity contribution in [2.45, 2.75) is 75.1 Å². The highest BCUT2D eigenvalue weighted by molar-refractivity contribution is 6.33. The van der Waals surface area contributed by atoms with Crippen molar-refractivity contribution < 1.29 is 23.1 Å². The van der Waals surface area contributed by atoms with Crippen molar-refractivity contribution in [2.75, 3.05) is 37.7 Å². The Bertz CT molecular complexity index is 2150. The molecule has 1 spiro atoms. The van der Waals surface area contributed by atoms with E-state index in [1.54, 1.807) is 18.5 Å². The van der Waals surface area contributed by atoms with Gasteiger partial charge in [0.15, 0.2) is 5.82 Å². The van der Waals surface area contributed by atoms with Gasteiger partial charge < -0.3 is 19.3 Å². The molecule has 5 aromatic rings. The molecule has 0 amide bonds. The van der Waals surface area contributed by atoms with E-state index in [1.807, 2.05) is 0 Å². The van der Waals surface area contributed by atoms with Crippen LogP contribution in [0.25, 0.3) is 33.1 Å². The number of piperidine rings is 1. The summed E-state index contributed by atoms with van der Waals surface area (Å²) in [5.41, 5.74) is 0.0705. The molecule has 9 bridgehead atoms. The van der Waals surface area contributed by atoms with Gasteiger partial charge >= 0.3 is 6.01 Å². The van der Waals surface area contributed by atoms with Crippen molar-refractivity contribution in [3.63, 3.8) is 0 Å². The highest BCUT2D eigenvalue weighted by atomic mass is 35.5. The summed E-state index contributed by atoms with van der Waals surface area (Å²) < 4.78 is 43.7. The van der Waals surface area contributed by atoms with Crippen molar-refractivity contribution in [3.05, 3.63) is 46.6 Å². The van der Waals surface area contributed by atoms with Crippen LogP contribution >= 0.6 is 11.6 Å². The van der Waals surface area contributed by atoms with E-state index in [2.05, 4.69) is 35.1 Å². The van der Waals surface area contributed by atoms with E-state index in [-0.39, 0.29) is 35.1 Å². The highest BCUT2D eigenvalue weighted by Crippen LogP contribution is 2.58. The van der Waals surface area contributed by atoms with Crippen molar-refractivity contribution in [3.8, 4) is 17.3 Å². The molecule has 1 aromatic carbocycles. The second kappa shape index (κ2) is 10.5. The van der Waals surface area contributed by atoms with E-state index in [0.717, 1.165) is 32.2 Å². The second-order valence-electron chi connectivity index (χ2n) is 14.8. The molecule has 0 radical (unpaired) electrons. The van der Waals surface area contributed by atoms with Gasteiger partial charge in [0.1, 0.15) is 35.4 Å². The van der Waals surface area contributed by atoms with Crippen LogP contribution in [0, 0.1) is 11.2 Å². The third-order valence-electron chi connectivity index (χ3n) is 11.7. The average molecular weight is 690 g/mol. The van der Waals surface area contributed by atoms with Crippen molar-refractivity contribution in [1.29, 1.82) is 0 Å². The summed E-state index contributed by atoms with van der Waals surface area (Å²) in [7, 11) is 0. The van der Waals surface area contributed by atoms with Crippen LogP contribution in [0.15, 0.2) is 23.0 Å². The molecule has 15 heteroatoms. The predicted octanol–water partition coefficient (Wildman–Crippen LogP) is 5.07. The van der Waals surface area contributed by atoms with Gasteiger partial charge in [-0.1, -0.05) is 16.8 Å². The maximum absolute atomic E-state index is 17.2. The fraction of sp³-hybridized carbons (Fsp3) is 0.529. The Morgan fingerprint density at radius 2 is 1.98 bits per heavy atom. The van der Waals surface area contributed by atoms with Gasteiger partial charge in [0, 0.05) is 54.6 Å². The number of alkyl halides is 1. The van der Waals surface area contributed by atoms with Gasteiger partial charge in [-0.25, -0.2) is 8.78 Å². The van der Waals surface area contributed by atoms with Crippen LogP contribution in [0.4, 0.5) is 14.6 Å². The zero-order valence-corrected chi connectivity index (χ0v) is 27.4. The molecule has 2 atom stereocenters. The molecular weight excluding hydrogens is 656 g/mol. The number of aryl methyl sites for hydroxylation is 1. The number of halogens is 3. The van der Waals surface area contributed by atoms with E-state index in [0.29, 0.717) is 95.9 Å². The third-order valence-corrected chi connectivity index (χ3v) is 12.0. The molecule has 12 nitrogen and oxygen atoms in total. The lowest BCUT2D eigenvalue weighted by molar-refractivity contribution is -0.145. The lowest BCUT2D eigenvalue weighted by atomic mass is 9.55. The van der Waals surface area contributed by atoms with Gasteiger partial charge in [0.05, 0.1) is 22.6 Å². The lowest BCUT2D eigenvalue weighted by Gasteiger charge is -2.56. The van der Waals surface area contributed by atoms with Gasteiger partial charge in [0.2, 0.25) is 11.7 Å². The highest BCUT2D eigenvalue weighted by Gasteiger charge is 2.58. The number of hydrogen-bond donors (Lipinski definition) is 2. The van der Waals surface area contributed by atoms with E-state index in [9.17, 15) is 9.50 Å². The number of benzene rings is 1. The third kappa shape index (κ3) is 4.52.